The quantitative estimate of drug-likeness (QED) is 0.0240. The van der Waals surface area contributed by atoms with Crippen LogP contribution in [0.4, 0.5) is 0 Å². The van der Waals surface area contributed by atoms with E-state index >= 15 is 0 Å². The van der Waals surface area contributed by atoms with Crippen molar-refractivity contribution in [2.24, 2.45) is 5.73 Å². The molecule has 0 rings (SSSR count). The Kier molecular flexibility index (Phi) is 33.1. The Labute approximate surface area is 303 Å². The molecule has 0 aliphatic carbocycles. The van der Waals surface area contributed by atoms with Crippen molar-refractivity contribution >= 4 is 25.7 Å². The second kappa shape index (κ2) is 34.3. The van der Waals surface area contributed by atoms with Gasteiger partial charge in [-0.1, -0.05) is 142 Å². The van der Waals surface area contributed by atoms with Gasteiger partial charge in [-0.15, -0.1) is 0 Å². The van der Waals surface area contributed by atoms with Crippen LogP contribution in [0, 0.1) is 0 Å². The predicted molar refractivity (Wildman–Crippen MR) is 199 cm³/mol. The smallest absolute Gasteiger partial charge is 0.472 e. The topological polar surface area (TPSA) is 172 Å². The fourth-order valence-corrected chi connectivity index (χ4v) is 6.13. The third-order valence-electron chi connectivity index (χ3n) is 8.51. The summed E-state index contributed by atoms with van der Waals surface area (Å²) >= 11 is 0. The van der Waals surface area contributed by atoms with E-state index < -0.39 is 51.1 Å². The molecule has 11 nitrogen and oxygen atoms in total. The number of nitrogens with two attached hydrogens (primary N) is 1. The van der Waals surface area contributed by atoms with Crippen molar-refractivity contribution in [1.82, 2.24) is 0 Å². The van der Waals surface area contributed by atoms with Crippen LogP contribution in [0.3, 0.4) is 0 Å². The maximum Gasteiger partial charge on any atom is 0.472 e. The van der Waals surface area contributed by atoms with Crippen LogP contribution in [-0.4, -0.2) is 59.9 Å². The van der Waals surface area contributed by atoms with E-state index in [0.29, 0.717) is 12.8 Å². The van der Waals surface area contributed by atoms with Crippen molar-refractivity contribution in [1.29, 1.82) is 0 Å². The summed E-state index contributed by atoms with van der Waals surface area (Å²) in [6, 6.07) is -1.52. The summed E-state index contributed by atoms with van der Waals surface area (Å²) in [5, 5.41) is 8.86. The Morgan fingerprint density at radius 1 is 0.600 bits per heavy atom. The largest absolute Gasteiger partial charge is 0.480 e. The van der Waals surface area contributed by atoms with Gasteiger partial charge in [-0.2, -0.15) is 0 Å². The molecule has 0 heterocycles. The molecule has 50 heavy (non-hydrogen) atoms. The number of aliphatic carboxylic acids is 1. The maximum absolute atomic E-state index is 12.6. The minimum atomic E-state index is -4.71. The number of rotatable bonds is 37. The van der Waals surface area contributed by atoms with Crippen molar-refractivity contribution in [3.63, 3.8) is 0 Å². The fraction of sp³-hybridized carbons (Fsp3) is 0.868. The fourth-order valence-electron chi connectivity index (χ4n) is 5.35. The number of carboxylic acid groups (broad SMARTS) is 1. The van der Waals surface area contributed by atoms with Gasteiger partial charge >= 0.3 is 25.7 Å². The van der Waals surface area contributed by atoms with Gasteiger partial charge in [0.05, 0.1) is 13.2 Å². The molecule has 0 radical (unpaired) electrons. The van der Waals surface area contributed by atoms with Gasteiger partial charge in [-0.3, -0.25) is 23.4 Å². The zero-order valence-electron chi connectivity index (χ0n) is 31.5. The Hall–Kier alpha value is -1.78. The molecule has 12 heteroatoms. The third-order valence-corrected chi connectivity index (χ3v) is 9.46. The highest BCUT2D eigenvalue weighted by atomic mass is 31.2. The van der Waals surface area contributed by atoms with Crippen LogP contribution < -0.4 is 5.73 Å². The van der Waals surface area contributed by atoms with Crippen molar-refractivity contribution in [3.8, 4) is 0 Å². The molecule has 0 spiro atoms. The van der Waals surface area contributed by atoms with Gasteiger partial charge in [0.1, 0.15) is 12.6 Å². The molecular weight excluding hydrogens is 661 g/mol. The zero-order chi connectivity index (χ0) is 37.1. The van der Waals surface area contributed by atoms with Crippen molar-refractivity contribution in [2.75, 3.05) is 19.8 Å². The molecule has 0 fully saturated rings. The highest BCUT2D eigenvalue weighted by molar-refractivity contribution is 7.47. The Morgan fingerprint density at radius 2 is 1.00 bits per heavy atom. The van der Waals surface area contributed by atoms with Gasteiger partial charge in [-0.05, 0) is 38.5 Å². The molecular formula is C38H72NO10P. The van der Waals surface area contributed by atoms with Crippen LogP contribution in [0.1, 0.15) is 181 Å². The normalized spacial score (nSPS) is 14.0. The molecule has 3 unspecified atom stereocenters. The molecule has 0 amide bonds. The summed E-state index contributed by atoms with van der Waals surface area (Å²) in [7, 11) is -4.71. The molecule has 0 saturated heterocycles. The Balaban J connectivity index is 4.42. The van der Waals surface area contributed by atoms with Gasteiger partial charge in [0.15, 0.2) is 6.10 Å². The highest BCUT2D eigenvalue weighted by Crippen LogP contribution is 2.43. The number of hydrogen-bond acceptors (Lipinski definition) is 9. The summed E-state index contributed by atoms with van der Waals surface area (Å²) in [5.74, 6) is -2.38. The molecule has 0 aromatic heterocycles. The first-order valence-electron chi connectivity index (χ1n) is 19.7. The van der Waals surface area contributed by atoms with Crippen LogP contribution in [-0.2, 0) is 37.5 Å². The SMILES string of the molecule is CCCCCCC=CCCCCCCCC(=O)OCC(COP(=O)(O)OCC(N)C(=O)O)OC(=O)CCCCCCCCCCCCCCC. The Bertz CT molecular complexity index is 916. The standard InChI is InChI=1S/C38H72NO10P/c1-3-5-7-9-11-13-15-17-19-21-23-25-27-29-36(40)46-31-34(32-47-50(44,45)48-33-35(39)38(42)43)49-37(41)30-28-26-24-22-20-18-16-14-12-10-8-6-4-2/h13,15,34-35H,3-12,14,16-33,39H2,1-2H3,(H,42,43)(H,44,45). The van der Waals surface area contributed by atoms with E-state index in [9.17, 15) is 23.8 Å². The van der Waals surface area contributed by atoms with Gasteiger partial charge in [0.2, 0.25) is 0 Å². The van der Waals surface area contributed by atoms with E-state index in [2.05, 4.69) is 30.5 Å². The van der Waals surface area contributed by atoms with Gasteiger partial charge in [0, 0.05) is 12.8 Å². The van der Waals surface area contributed by atoms with Crippen LogP contribution in [0.15, 0.2) is 12.2 Å². The molecule has 0 saturated carbocycles. The van der Waals surface area contributed by atoms with E-state index in [4.69, 9.17) is 24.8 Å². The van der Waals surface area contributed by atoms with E-state index in [1.807, 2.05) is 0 Å². The van der Waals surface area contributed by atoms with Crippen LogP contribution in [0.2, 0.25) is 0 Å². The number of hydrogen-bond donors (Lipinski definition) is 3. The molecule has 0 aromatic carbocycles. The van der Waals surface area contributed by atoms with E-state index in [0.717, 1.165) is 57.8 Å². The first-order chi connectivity index (χ1) is 24.1. The minimum absolute atomic E-state index is 0.164. The number of phosphoric ester groups is 1. The predicted octanol–water partition coefficient (Wildman–Crippen LogP) is 9.73. The molecule has 0 bridgehead atoms. The molecule has 0 aliphatic rings. The van der Waals surface area contributed by atoms with Crippen molar-refractivity contribution in [3.05, 3.63) is 12.2 Å². The van der Waals surface area contributed by atoms with Crippen LogP contribution >= 0.6 is 7.82 Å². The number of phosphoric acid groups is 1. The maximum atomic E-state index is 12.6. The number of carbonyl (C=O) groups excluding carboxylic acids is 2. The molecule has 3 atom stereocenters. The lowest BCUT2D eigenvalue weighted by atomic mass is 10.0. The average molecular weight is 734 g/mol. The van der Waals surface area contributed by atoms with Crippen molar-refractivity contribution < 1.29 is 47.5 Å². The summed E-state index contributed by atoms with van der Waals surface area (Å²) in [6.45, 7) is 2.77. The van der Waals surface area contributed by atoms with E-state index in [1.165, 1.54) is 83.5 Å². The Morgan fingerprint density at radius 3 is 1.48 bits per heavy atom. The lowest BCUT2D eigenvalue weighted by Crippen LogP contribution is -2.34. The lowest BCUT2D eigenvalue weighted by Gasteiger charge is -2.20. The van der Waals surface area contributed by atoms with Crippen LogP contribution in [0.5, 0.6) is 0 Å². The highest BCUT2D eigenvalue weighted by Gasteiger charge is 2.28. The molecule has 0 aromatic rings. The van der Waals surface area contributed by atoms with Crippen molar-refractivity contribution in [2.45, 2.75) is 193 Å². The number of carbonyl (C=O) groups is 3. The summed E-state index contributed by atoms with van der Waals surface area (Å²) in [4.78, 5) is 45.7. The van der Waals surface area contributed by atoms with E-state index in [1.54, 1.807) is 0 Å². The van der Waals surface area contributed by atoms with Gasteiger partial charge in [0.25, 0.3) is 0 Å². The minimum Gasteiger partial charge on any atom is -0.480 e. The second-order valence-corrected chi connectivity index (χ2v) is 14.9. The summed E-state index contributed by atoms with van der Waals surface area (Å²) < 4.78 is 32.6. The first-order valence-corrected chi connectivity index (χ1v) is 21.2. The average Bonchev–Trinajstić information content (AvgIpc) is 3.09. The number of esters is 2. The van der Waals surface area contributed by atoms with Crippen LogP contribution in [0.25, 0.3) is 0 Å². The molecule has 294 valence electrons. The second-order valence-electron chi connectivity index (χ2n) is 13.4. The number of allylic oxidation sites excluding steroid dienone is 2. The lowest BCUT2D eigenvalue weighted by molar-refractivity contribution is -0.161. The van der Waals surface area contributed by atoms with E-state index in [-0.39, 0.29) is 19.4 Å². The zero-order valence-corrected chi connectivity index (χ0v) is 32.4. The van der Waals surface area contributed by atoms with Gasteiger partial charge < -0.3 is 25.2 Å². The van der Waals surface area contributed by atoms with Gasteiger partial charge in [-0.25, -0.2) is 4.57 Å². The number of carboxylic acids is 1. The summed E-state index contributed by atoms with van der Waals surface area (Å²) in [5.41, 5.74) is 5.32. The molecule has 0 aliphatic heterocycles. The number of unbranched alkanes of at least 4 members (excludes halogenated alkanes) is 21. The number of ether oxygens (including phenoxy) is 2. The summed E-state index contributed by atoms with van der Waals surface area (Å²) in [6.07, 6.45) is 31.3. The third kappa shape index (κ3) is 33.4. The first kappa shape index (κ1) is 48.2. The monoisotopic (exact) mass is 733 g/mol. The molecule has 4 N–H and O–H groups in total.